The van der Waals surface area contributed by atoms with Crippen molar-refractivity contribution in [2.45, 2.75) is 23.9 Å². The molecule has 2 heterocycles. The van der Waals surface area contributed by atoms with E-state index in [1.165, 1.54) is 9.78 Å². The predicted octanol–water partition coefficient (Wildman–Crippen LogP) is -0.431. The monoisotopic (exact) mass is 381 g/mol. The van der Waals surface area contributed by atoms with E-state index >= 15 is 0 Å². The lowest BCUT2D eigenvalue weighted by Gasteiger charge is -2.35. The van der Waals surface area contributed by atoms with E-state index in [0.717, 1.165) is 26.2 Å². The van der Waals surface area contributed by atoms with Crippen LogP contribution in [0.3, 0.4) is 0 Å². The van der Waals surface area contributed by atoms with Gasteiger partial charge in [-0.25, -0.2) is 13.1 Å². The van der Waals surface area contributed by atoms with Gasteiger partial charge in [0.1, 0.15) is 32.2 Å². The number of sulfonamides is 1. The van der Waals surface area contributed by atoms with E-state index in [0.29, 0.717) is 4.90 Å². The Morgan fingerprint density at radius 3 is 2.32 bits per heavy atom. The van der Waals surface area contributed by atoms with Gasteiger partial charge >= 0.3 is 0 Å². The molecule has 3 rings (SSSR count). The maximum Gasteiger partial charge on any atom is 0.241 e. The summed E-state index contributed by atoms with van der Waals surface area (Å²) in [6, 6.07) is 12.8. The van der Waals surface area contributed by atoms with Crippen molar-refractivity contribution < 1.29 is 18.2 Å². The van der Waals surface area contributed by atoms with Crippen LogP contribution in [0.15, 0.2) is 52.7 Å². The van der Waals surface area contributed by atoms with E-state index < -0.39 is 10.0 Å². The second-order valence-corrected chi connectivity index (χ2v) is 9.52. The van der Waals surface area contributed by atoms with E-state index in [9.17, 15) is 8.42 Å². The molecular formula is C18H27N3O2S2+2. The summed E-state index contributed by atoms with van der Waals surface area (Å²) in [5.41, 5.74) is 0. The number of quaternary nitrogens is 2. The molecule has 1 aliphatic rings. The van der Waals surface area contributed by atoms with Crippen molar-refractivity contribution in [1.29, 1.82) is 0 Å². The van der Waals surface area contributed by atoms with E-state index in [1.54, 1.807) is 40.5 Å². The van der Waals surface area contributed by atoms with Crippen molar-refractivity contribution in [3.05, 3.63) is 52.7 Å². The van der Waals surface area contributed by atoms with Crippen LogP contribution >= 0.6 is 11.3 Å². The molecule has 0 amide bonds. The smallest absolute Gasteiger partial charge is 0.241 e. The fourth-order valence-corrected chi connectivity index (χ4v) is 5.82. The van der Waals surface area contributed by atoms with E-state index in [4.69, 9.17) is 0 Å². The second kappa shape index (κ2) is 7.97. The van der Waals surface area contributed by atoms with Crippen LogP contribution in [-0.2, 0) is 10.0 Å². The Morgan fingerprint density at radius 1 is 1.04 bits per heavy atom. The van der Waals surface area contributed by atoms with Crippen molar-refractivity contribution in [2.75, 3.05) is 33.2 Å². The molecular weight excluding hydrogens is 354 g/mol. The van der Waals surface area contributed by atoms with Gasteiger partial charge in [-0.05, 0) is 30.5 Å². The van der Waals surface area contributed by atoms with Crippen molar-refractivity contribution in [2.24, 2.45) is 0 Å². The highest BCUT2D eigenvalue weighted by Gasteiger charge is 2.36. The molecule has 5 nitrogen and oxygen atoms in total. The Labute approximate surface area is 154 Å². The Bertz CT molecular complexity index is 755. The van der Waals surface area contributed by atoms with Gasteiger partial charge in [-0.15, -0.1) is 11.3 Å². The molecule has 1 aliphatic heterocycles. The van der Waals surface area contributed by atoms with Gasteiger partial charge in [0.05, 0.1) is 22.9 Å². The van der Waals surface area contributed by atoms with Gasteiger partial charge < -0.3 is 9.80 Å². The second-order valence-electron chi connectivity index (χ2n) is 6.83. The Morgan fingerprint density at radius 2 is 1.72 bits per heavy atom. The number of thiophene rings is 1. The first-order valence-electron chi connectivity index (χ1n) is 8.74. The summed E-state index contributed by atoms with van der Waals surface area (Å²) in [6.07, 6.45) is 0. The van der Waals surface area contributed by atoms with Crippen molar-refractivity contribution in [1.82, 2.24) is 4.72 Å². The highest BCUT2D eigenvalue weighted by Crippen LogP contribution is 2.21. The maximum absolute atomic E-state index is 12.7. The molecule has 3 N–H and O–H groups in total. The molecule has 2 aromatic rings. The average Bonchev–Trinajstić information content (AvgIpc) is 3.11. The lowest BCUT2D eigenvalue weighted by Crippen LogP contribution is -3.27. The SMILES string of the molecule is C[C@H](NS(=O)(=O)c1ccccc1)[C@H](c1cccs1)[NH+]1CC[NH+](C)CC1. The predicted molar refractivity (Wildman–Crippen MR) is 101 cm³/mol. The zero-order chi connectivity index (χ0) is 17.9. The fourth-order valence-electron chi connectivity index (χ4n) is 3.56. The summed E-state index contributed by atoms with van der Waals surface area (Å²) in [4.78, 5) is 4.59. The van der Waals surface area contributed by atoms with Crippen LogP contribution in [0, 0.1) is 0 Å². The van der Waals surface area contributed by atoms with E-state index in [1.807, 2.05) is 19.1 Å². The Hall–Kier alpha value is -1.25. The van der Waals surface area contributed by atoms with Gasteiger partial charge in [0.25, 0.3) is 0 Å². The number of benzene rings is 1. The van der Waals surface area contributed by atoms with Gasteiger partial charge in [0.2, 0.25) is 10.0 Å². The highest BCUT2D eigenvalue weighted by molar-refractivity contribution is 7.89. The quantitative estimate of drug-likeness (QED) is 0.636. The normalized spacial score (nSPS) is 23.9. The Kier molecular flexibility index (Phi) is 5.91. The van der Waals surface area contributed by atoms with Crippen LogP contribution in [0.2, 0.25) is 0 Å². The molecule has 7 heteroatoms. The first-order chi connectivity index (χ1) is 12.0. The molecule has 1 aromatic carbocycles. The minimum atomic E-state index is -3.51. The Balaban J connectivity index is 1.81. The molecule has 0 unspecified atom stereocenters. The van der Waals surface area contributed by atoms with Crippen LogP contribution in [0.25, 0.3) is 0 Å². The van der Waals surface area contributed by atoms with Crippen molar-refractivity contribution in [3.8, 4) is 0 Å². The summed E-state index contributed by atoms with van der Waals surface area (Å²) in [6.45, 7) is 6.35. The van der Waals surface area contributed by atoms with Gasteiger partial charge in [-0.3, -0.25) is 0 Å². The third-order valence-corrected chi connectivity index (χ3v) is 7.46. The standard InChI is InChI=1S/C18H25N3O2S2/c1-15(19-25(22,23)16-7-4-3-5-8-16)18(17-9-6-14-24-17)21-12-10-20(2)11-13-21/h3-9,14-15,18-19H,10-13H2,1-2H3/p+2/t15-,18+/m0/s1. The third kappa shape index (κ3) is 4.48. The van der Waals surface area contributed by atoms with E-state index in [-0.39, 0.29) is 12.1 Å². The number of piperazine rings is 1. The average molecular weight is 382 g/mol. The topological polar surface area (TPSA) is 55.0 Å². The number of hydrogen-bond donors (Lipinski definition) is 3. The molecule has 0 spiro atoms. The van der Waals surface area contributed by atoms with Crippen LogP contribution in [0.1, 0.15) is 17.8 Å². The highest BCUT2D eigenvalue weighted by atomic mass is 32.2. The molecule has 136 valence electrons. The van der Waals surface area contributed by atoms with Crippen LogP contribution in [-0.4, -0.2) is 47.7 Å². The minimum Gasteiger partial charge on any atom is -0.328 e. The van der Waals surface area contributed by atoms with Gasteiger partial charge in [0, 0.05) is 0 Å². The van der Waals surface area contributed by atoms with Crippen LogP contribution in [0.4, 0.5) is 0 Å². The number of likely N-dealkylation sites (N-methyl/N-ethyl adjacent to an activating group) is 1. The molecule has 1 aromatic heterocycles. The van der Waals surface area contributed by atoms with E-state index in [2.05, 4.69) is 23.2 Å². The molecule has 1 fully saturated rings. The fraction of sp³-hybridized carbons (Fsp3) is 0.444. The molecule has 0 aliphatic carbocycles. The van der Waals surface area contributed by atoms with Crippen LogP contribution < -0.4 is 14.5 Å². The molecule has 0 radical (unpaired) electrons. The minimum absolute atomic E-state index is 0.145. The van der Waals surface area contributed by atoms with Crippen molar-refractivity contribution >= 4 is 21.4 Å². The molecule has 1 saturated heterocycles. The largest absolute Gasteiger partial charge is 0.328 e. The number of rotatable bonds is 6. The summed E-state index contributed by atoms with van der Waals surface area (Å²) in [5, 5.41) is 2.07. The van der Waals surface area contributed by atoms with Crippen LogP contribution in [0.5, 0.6) is 0 Å². The zero-order valence-electron chi connectivity index (χ0n) is 14.7. The molecule has 2 atom stereocenters. The molecule has 0 bridgehead atoms. The first-order valence-corrected chi connectivity index (χ1v) is 11.1. The third-order valence-electron chi connectivity index (χ3n) is 4.93. The number of hydrogen-bond acceptors (Lipinski definition) is 3. The lowest BCUT2D eigenvalue weighted by atomic mass is 10.1. The summed E-state index contributed by atoms with van der Waals surface area (Å²) in [5.74, 6) is 0. The lowest BCUT2D eigenvalue weighted by molar-refractivity contribution is -1.02. The van der Waals surface area contributed by atoms with Gasteiger partial charge in [0.15, 0.2) is 0 Å². The van der Waals surface area contributed by atoms with Gasteiger partial charge in [-0.2, -0.15) is 0 Å². The van der Waals surface area contributed by atoms with Crippen molar-refractivity contribution in [3.63, 3.8) is 0 Å². The first kappa shape index (κ1) is 18.5. The summed E-state index contributed by atoms with van der Waals surface area (Å²) >= 11 is 1.71. The summed E-state index contributed by atoms with van der Waals surface area (Å²) < 4.78 is 28.4. The zero-order valence-corrected chi connectivity index (χ0v) is 16.4. The maximum atomic E-state index is 12.7. The molecule has 0 saturated carbocycles. The summed E-state index contributed by atoms with van der Waals surface area (Å²) in [7, 11) is -1.29. The molecule has 25 heavy (non-hydrogen) atoms. The number of nitrogens with one attached hydrogen (secondary N) is 3. The van der Waals surface area contributed by atoms with Gasteiger partial charge in [-0.1, -0.05) is 24.3 Å².